The second-order valence-electron chi connectivity index (χ2n) is 10.9. The summed E-state index contributed by atoms with van der Waals surface area (Å²) in [7, 11) is 1.16. The van der Waals surface area contributed by atoms with E-state index >= 15 is 0 Å². The number of carbonyl (C=O) groups excluding carboxylic acids is 2. The summed E-state index contributed by atoms with van der Waals surface area (Å²) in [4.78, 5) is 31.7. The van der Waals surface area contributed by atoms with Crippen LogP contribution in [-0.4, -0.2) is 63.5 Å². The quantitative estimate of drug-likeness (QED) is 0.0718. The maximum atomic E-state index is 13.9. The van der Waals surface area contributed by atoms with Gasteiger partial charge in [0, 0.05) is 11.1 Å². The number of benzene rings is 3. The van der Waals surface area contributed by atoms with E-state index in [9.17, 15) is 71.1 Å². The van der Waals surface area contributed by atoms with Crippen LogP contribution in [0.1, 0.15) is 32.4 Å². The molecule has 5 aromatic rings. The average Bonchev–Trinajstić information content (AvgIpc) is 3.83. The van der Waals surface area contributed by atoms with Crippen LogP contribution in [0.5, 0.6) is 17.2 Å². The highest BCUT2D eigenvalue weighted by Crippen LogP contribution is 2.52. The Morgan fingerprint density at radius 3 is 1.16 bits per heavy atom. The molecular weight excluding hydrogens is 806 g/mol. The largest absolute Gasteiger partial charge is 0.497 e. The minimum absolute atomic E-state index is 0.0858. The van der Waals surface area contributed by atoms with Gasteiger partial charge in [0.15, 0.2) is 0 Å². The molecule has 0 radical (unpaired) electrons. The molecule has 0 bridgehead atoms. The van der Waals surface area contributed by atoms with Gasteiger partial charge in [0.05, 0.1) is 18.2 Å². The molecule has 11 nitrogen and oxygen atoms in total. The van der Waals surface area contributed by atoms with E-state index in [1.807, 2.05) is 0 Å². The topological polar surface area (TPSA) is 140 Å². The third-order valence-corrected chi connectivity index (χ3v) is 7.15. The standard InChI is InChI=1S/C31H14F14N4O7/c1-52-19-11-15(22(50)53-17-6-2-13(3-7-17)20-46-24(48-55-20)26(32,33)28(36,37)30(40,41)42)10-16(12-19)23(51)54-18-8-4-14(5-9-18)21-47-25(49-56-21)27(34,35)29(38,39)31(43,44)45/h2-12H,1H3. The van der Waals surface area contributed by atoms with Crippen LogP contribution in [0.4, 0.5) is 61.5 Å². The van der Waals surface area contributed by atoms with Gasteiger partial charge in [-0.3, -0.25) is 0 Å². The second kappa shape index (κ2) is 14.1. The summed E-state index contributed by atoms with van der Waals surface area (Å²) in [6, 6.07) is 11.2. The molecule has 2 heterocycles. The third kappa shape index (κ3) is 7.51. The fourth-order valence-corrected chi connectivity index (χ4v) is 4.19. The Morgan fingerprint density at radius 2 is 0.857 bits per heavy atom. The molecule has 0 N–H and O–H groups in total. The summed E-state index contributed by atoms with van der Waals surface area (Å²) in [6.45, 7) is 0. The van der Waals surface area contributed by atoms with Crippen molar-refractivity contribution >= 4 is 11.9 Å². The van der Waals surface area contributed by atoms with E-state index in [1.54, 1.807) is 0 Å². The Morgan fingerprint density at radius 1 is 0.518 bits per heavy atom. The summed E-state index contributed by atoms with van der Waals surface area (Å²) < 4.78 is 208. The number of hydrogen-bond acceptors (Lipinski definition) is 11. The number of hydrogen-bond donors (Lipinski definition) is 0. The highest BCUT2D eigenvalue weighted by molar-refractivity contribution is 5.97. The summed E-state index contributed by atoms with van der Waals surface area (Å²) in [5, 5.41) is 5.05. The average molecular weight is 820 g/mol. The molecule has 0 aliphatic heterocycles. The highest BCUT2D eigenvalue weighted by Gasteiger charge is 2.76. The SMILES string of the molecule is COc1cc(C(=O)Oc2ccc(-c3nc(C(F)(F)C(F)(F)C(F)(F)F)no3)cc2)cc(C(=O)Oc2ccc(-c3nc(C(F)(F)C(F)(F)C(F)(F)F)no3)cc2)c1. The van der Waals surface area contributed by atoms with Crippen molar-refractivity contribution < 1.29 is 94.3 Å². The van der Waals surface area contributed by atoms with Gasteiger partial charge < -0.3 is 23.3 Å². The number of halogens is 14. The summed E-state index contributed by atoms with van der Waals surface area (Å²) in [5.41, 5.74) is -1.21. The van der Waals surface area contributed by atoms with Gasteiger partial charge in [0.2, 0.25) is 11.6 Å². The molecule has 5 rings (SSSR count). The number of ether oxygens (including phenoxy) is 3. The minimum Gasteiger partial charge on any atom is -0.497 e. The third-order valence-electron chi connectivity index (χ3n) is 7.15. The molecule has 0 aliphatic carbocycles. The zero-order chi connectivity index (χ0) is 41.6. The van der Waals surface area contributed by atoms with Gasteiger partial charge in [0.1, 0.15) is 17.2 Å². The lowest BCUT2D eigenvalue weighted by Crippen LogP contribution is -2.50. The Bertz CT molecular complexity index is 2080. The second-order valence-corrected chi connectivity index (χ2v) is 10.9. The molecule has 3 aromatic carbocycles. The molecule has 0 fully saturated rings. The first-order valence-corrected chi connectivity index (χ1v) is 14.5. The van der Waals surface area contributed by atoms with Crippen LogP contribution in [-0.2, 0) is 11.8 Å². The van der Waals surface area contributed by atoms with Crippen LogP contribution in [0, 0.1) is 0 Å². The van der Waals surface area contributed by atoms with Crippen molar-refractivity contribution in [1.29, 1.82) is 0 Å². The van der Waals surface area contributed by atoms with Gasteiger partial charge >= 0.3 is 48.0 Å². The van der Waals surface area contributed by atoms with Crippen LogP contribution >= 0.6 is 0 Å². The Labute approximate surface area is 299 Å². The number of rotatable bonds is 11. The van der Waals surface area contributed by atoms with E-state index in [0.717, 1.165) is 73.8 Å². The molecule has 0 unspecified atom stereocenters. The molecule has 298 valence electrons. The first-order valence-electron chi connectivity index (χ1n) is 14.5. The lowest BCUT2D eigenvalue weighted by molar-refractivity contribution is -0.361. The lowest BCUT2D eigenvalue weighted by Gasteiger charge is -2.25. The molecule has 0 aliphatic rings. The molecule has 2 aromatic heterocycles. The van der Waals surface area contributed by atoms with Gasteiger partial charge in [-0.1, -0.05) is 10.3 Å². The van der Waals surface area contributed by atoms with Gasteiger partial charge in [0.25, 0.3) is 11.8 Å². The highest BCUT2D eigenvalue weighted by atomic mass is 19.4. The number of alkyl halides is 14. The van der Waals surface area contributed by atoms with E-state index in [-0.39, 0.29) is 39.5 Å². The number of carbonyl (C=O) groups is 2. The van der Waals surface area contributed by atoms with Gasteiger partial charge in [-0.15, -0.1) is 0 Å². The summed E-state index contributed by atoms with van der Waals surface area (Å²) in [6.07, 6.45) is -13.3. The van der Waals surface area contributed by atoms with Crippen molar-refractivity contribution in [1.82, 2.24) is 20.3 Å². The molecule has 25 heteroatoms. The van der Waals surface area contributed by atoms with E-state index in [1.165, 1.54) is 0 Å². The van der Waals surface area contributed by atoms with Gasteiger partial charge in [-0.2, -0.15) is 71.4 Å². The number of aromatic nitrogens is 4. The molecule has 56 heavy (non-hydrogen) atoms. The predicted octanol–water partition coefficient (Wildman–Crippen LogP) is 8.81. The summed E-state index contributed by atoms with van der Waals surface area (Å²) >= 11 is 0. The van der Waals surface area contributed by atoms with Crippen molar-refractivity contribution in [3.63, 3.8) is 0 Å². The lowest BCUT2D eigenvalue weighted by atomic mass is 10.1. The van der Waals surface area contributed by atoms with Crippen LogP contribution < -0.4 is 14.2 Å². The fourth-order valence-electron chi connectivity index (χ4n) is 4.19. The first kappa shape index (κ1) is 40.9. The molecule has 0 atom stereocenters. The van der Waals surface area contributed by atoms with Crippen LogP contribution in [0.25, 0.3) is 22.9 Å². The van der Waals surface area contributed by atoms with Crippen molar-refractivity contribution in [2.75, 3.05) is 7.11 Å². The monoisotopic (exact) mass is 820 g/mol. The van der Waals surface area contributed by atoms with Crippen LogP contribution in [0.15, 0.2) is 75.8 Å². The Balaban J connectivity index is 1.26. The molecular formula is C31H14F14N4O7. The van der Waals surface area contributed by atoms with Crippen LogP contribution in [0.3, 0.4) is 0 Å². The molecule has 0 amide bonds. The molecule has 0 saturated heterocycles. The molecule has 0 spiro atoms. The van der Waals surface area contributed by atoms with E-state index in [0.29, 0.717) is 0 Å². The van der Waals surface area contributed by atoms with Gasteiger partial charge in [-0.25, -0.2) is 9.59 Å². The number of methoxy groups -OCH3 is 1. The molecule has 0 saturated carbocycles. The summed E-state index contributed by atoms with van der Waals surface area (Å²) in [5.74, 6) is -34.1. The van der Waals surface area contributed by atoms with E-state index in [2.05, 4.69) is 29.3 Å². The predicted molar refractivity (Wildman–Crippen MR) is 152 cm³/mol. The Hall–Kier alpha value is -6.30. The van der Waals surface area contributed by atoms with Crippen LogP contribution in [0.2, 0.25) is 0 Å². The fraction of sp³-hybridized carbons (Fsp3) is 0.226. The van der Waals surface area contributed by atoms with E-state index < -0.39 is 71.4 Å². The number of esters is 2. The minimum atomic E-state index is -6.65. The van der Waals surface area contributed by atoms with E-state index in [4.69, 9.17) is 14.2 Å². The first-order chi connectivity index (χ1) is 25.8. The van der Waals surface area contributed by atoms with Crippen molar-refractivity contribution in [3.05, 3.63) is 89.5 Å². The maximum Gasteiger partial charge on any atom is 0.460 e. The number of nitrogens with zero attached hydrogens (tertiary/aromatic N) is 4. The Kier molecular flexibility index (Phi) is 10.3. The van der Waals surface area contributed by atoms with Crippen molar-refractivity contribution in [2.24, 2.45) is 0 Å². The smallest absolute Gasteiger partial charge is 0.460 e. The zero-order valence-corrected chi connectivity index (χ0v) is 26.8. The van der Waals surface area contributed by atoms with Crippen molar-refractivity contribution in [3.8, 4) is 40.2 Å². The van der Waals surface area contributed by atoms with Gasteiger partial charge in [-0.05, 0) is 66.7 Å². The van der Waals surface area contributed by atoms with Crippen molar-refractivity contribution in [2.45, 2.75) is 36.0 Å². The maximum absolute atomic E-state index is 13.9. The zero-order valence-electron chi connectivity index (χ0n) is 26.8. The normalized spacial score (nSPS) is 13.1.